The van der Waals surface area contributed by atoms with E-state index in [2.05, 4.69) is 57.2 Å². The van der Waals surface area contributed by atoms with Crippen LogP contribution in [-0.4, -0.2) is 25.9 Å². The van der Waals surface area contributed by atoms with E-state index in [4.69, 9.17) is 5.14 Å². The summed E-state index contributed by atoms with van der Waals surface area (Å²) in [6.07, 6.45) is 13.2. The maximum absolute atomic E-state index is 6.10. The maximum Gasteiger partial charge on any atom is 0.0639 e. The maximum atomic E-state index is 6.10. The van der Waals surface area contributed by atoms with Gasteiger partial charge in [-0.2, -0.15) is 0 Å². The summed E-state index contributed by atoms with van der Waals surface area (Å²) in [5.74, 6) is 0.780. The van der Waals surface area contributed by atoms with Gasteiger partial charge in [-0.1, -0.05) is 43.9 Å². The fourth-order valence-corrected chi connectivity index (χ4v) is 7.19. The number of hydrogen-bond donors (Lipinski definition) is 1. The minimum Gasteiger partial charge on any atom is -0.343 e. The largest absolute Gasteiger partial charge is 0.343 e. The third-order valence-electron chi connectivity index (χ3n) is 7.40. The first-order valence-electron chi connectivity index (χ1n) is 12.3. The fourth-order valence-electron chi connectivity index (χ4n) is 5.59. The number of piperidine rings is 1. The number of fused-ring (bicyclic) bond motifs is 1. The normalized spacial score (nSPS) is 18.6. The highest BCUT2D eigenvalue weighted by Gasteiger charge is 2.23. The van der Waals surface area contributed by atoms with Crippen molar-refractivity contribution >= 4 is 35.0 Å². The first kappa shape index (κ1) is 22.5. The zero-order valence-electron chi connectivity index (χ0n) is 19.5. The molecule has 0 spiro atoms. The van der Waals surface area contributed by atoms with Crippen molar-refractivity contribution in [3.63, 3.8) is 0 Å². The van der Waals surface area contributed by atoms with Crippen molar-refractivity contribution in [3.05, 3.63) is 41.7 Å². The molecule has 1 aromatic carbocycles. The number of hydrogen-bond acceptors (Lipinski definition) is 4. The molecule has 172 valence electrons. The highest BCUT2D eigenvalue weighted by molar-refractivity contribution is 7.97. The van der Waals surface area contributed by atoms with Gasteiger partial charge in [0.25, 0.3) is 0 Å². The van der Waals surface area contributed by atoms with Crippen molar-refractivity contribution in [1.29, 1.82) is 0 Å². The van der Waals surface area contributed by atoms with Gasteiger partial charge in [-0.3, -0.25) is 9.11 Å². The summed E-state index contributed by atoms with van der Waals surface area (Å²) in [7, 11) is 0. The lowest BCUT2D eigenvalue weighted by molar-refractivity contribution is 0.318. The quantitative estimate of drug-likeness (QED) is 0.389. The fraction of sp³-hybridized carbons (Fsp3) is 0.538. The van der Waals surface area contributed by atoms with E-state index in [0.717, 1.165) is 12.5 Å². The second kappa shape index (κ2) is 9.88. The molecule has 6 heteroatoms. The Labute approximate surface area is 201 Å². The van der Waals surface area contributed by atoms with Crippen molar-refractivity contribution in [2.75, 3.05) is 13.1 Å². The molecule has 1 aliphatic carbocycles. The predicted molar refractivity (Wildman–Crippen MR) is 140 cm³/mol. The molecule has 32 heavy (non-hydrogen) atoms. The van der Waals surface area contributed by atoms with Crippen LogP contribution in [0.15, 0.2) is 35.4 Å². The summed E-state index contributed by atoms with van der Waals surface area (Å²) < 4.78 is 7.53. The molecule has 2 fully saturated rings. The van der Waals surface area contributed by atoms with E-state index in [1.54, 1.807) is 0 Å². The molecule has 2 aromatic heterocycles. The van der Waals surface area contributed by atoms with Crippen LogP contribution >= 0.6 is 24.1 Å². The van der Waals surface area contributed by atoms with Crippen LogP contribution in [0, 0.1) is 19.8 Å². The van der Waals surface area contributed by atoms with E-state index >= 15 is 0 Å². The van der Waals surface area contributed by atoms with Crippen LogP contribution in [0.1, 0.15) is 62.6 Å². The van der Waals surface area contributed by atoms with Crippen LogP contribution in [0.3, 0.4) is 0 Å². The zero-order chi connectivity index (χ0) is 22.1. The monoisotopic (exact) mass is 468 g/mol. The minimum atomic E-state index is 0.780. The van der Waals surface area contributed by atoms with Gasteiger partial charge >= 0.3 is 0 Å². The van der Waals surface area contributed by atoms with Crippen LogP contribution < -0.4 is 5.14 Å². The van der Waals surface area contributed by atoms with Crippen LogP contribution in [0.25, 0.3) is 22.2 Å². The van der Waals surface area contributed by atoms with E-state index < -0.39 is 0 Å². The van der Waals surface area contributed by atoms with Crippen molar-refractivity contribution in [2.45, 2.75) is 76.7 Å². The molecule has 0 amide bonds. The van der Waals surface area contributed by atoms with Gasteiger partial charge in [-0.05, 0) is 69.0 Å². The first-order valence-corrected chi connectivity index (χ1v) is 13.9. The van der Waals surface area contributed by atoms with E-state index in [9.17, 15) is 0 Å². The lowest BCUT2D eigenvalue weighted by Crippen LogP contribution is -2.24. The average Bonchev–Trinajstić information content (AvgIpc) is 3.33. The second-order valence-corrected chi connectivity index (χ2v) is 11.4. The molecule has 3 aromatic rings. The average molecular weight is 469 g/mol. The number of benzene rings is 1. The van der Waals surface area contributed by atoms with Gasteiger partial charge in [-0.25, -0.2) is 4.31 Å². The smallest absolute Gasteiger partial charge is 0.0639 e. The summed E-state index contributed by atoms with van der Waals surface area (Å²) >= 11 is 3.28. The van der Waals surface area contributed by atoms with Crippen LogP contribution in [-0.2, 0) is 6.54 Å². The Balaban J connectivity index is 1.59. The van der Waals surface area contributed by atoms with E-state index in [-0.39, 0.29) is 0 Å². The topological polar surface area (TPSA) is 39.1 Å². The summed E-state index contributed by atoms with van der Waals surface area (Å²) in [6, 6.07) is 9.08. The van der Waals surface area contributed by atoms with Gasteiger partial charge in [-0.15, -0.1) is 0 Å². The van der Waals surface area contributed by atoms with Gasteiger partial charge in [0, 0.05) is 59.5 Å². The molecular weight excluding hydrogens is 432 g/mol. The Hall–Kier alpha value is -1.34. The summed E-state index contributed by atoms with van der Waals surface area (Å²) in [6.45, 7) is 7.95. The molecule has 1 saturated heterocycles. The Kier molecular flexibility index (Phi) is 6.93. The van der Waals surface area contributed by atoms with Crippen molar-refractivity contribution in [3.8, 4) is 11.3 Å². The zero-order valence-corrected chi connectivity index (χ0v) is 21.1. The molecule has 5 rings (SSSR count). The third kappa shape index (κ3) is 4.39. The Morgan fingerprint density at radius 2 is 1.75 bits per heavy atom. The third-order valence-corrected chi connectivity index (χ3v) is 9.13. The van der Waals surface area contributed by atoms with Gasteiger partial charge in [0.1, 0.15) is 0 Å². The van der Waals surface area contributed by atoms with Crippen molar-refractivity contribution in [1.82, 2.24) is 12.8 Å². The summed E-state index contributed by atoms with van der Waals surface area (Å²) in [4.78, 5) is 1.20. The minimum absolute atomic E-state index is 0.780. The van der Waals surface area contributed by atoms with E-state index in [1.807, 2.05) is 12.1 Å². The highest BCUT2D eigenvalue weighted by atomic mass is 32.2. The van der Waals surface area contributed by atoms with Gasteiger partial charge in [0.05, 0.1) is 11.2 Å². The lowest BCUT2D eigenvalue weighted by Gasteiger charge is -2.25. The lowest BCUT2D eigenvalue weighted by atomic mass is 9.89. The molecule has 3 heterocycles. The summed E-state index contributed by atoms with van der Waals surface area (Å²) in [5.41, 5.74) is 6.68. The standard InChI is InChI=1S/C26H36N4S2/c1-19-10-9-13-22-23(18-30(26(19)22)32-28-14-7-4-8-15-28)24-16-25(31-27)20(2)29(24)17-21-11-5-3-6-12-21/h9-10,13,16,18,21H,3-8,11-12,14-15,17,27H2,1-2H3. The molecule has 0 unspecified atom stereocenters. The van der Waals surface area contributed by atoms with Crippen LogP contribution in [0.2, 0.25) is 0 Å². The van der Waals surface area contributed by atoms with Crippen molar-refractivity contribution in [2.24, 2.45) is 11.1 Å². The molecule has 2 N–H and O–H groups in total. The molecular formula is C26H36N4S2. The number of nitrogens with two attached hydrogens (primary N) is 1. The predicted octanol–water partition coefficient (Wildman–Crippen LogP) is 7.17. The Bertz CT molecular complexity index is 1070. The molecule has 4 nitrogen and oxygen atoms in total. The summed E-state index contributed by atoms with van der Waals surface area (Å²) in [5, 5.41) is 7.45. The molecule has 0 atom stereocenters. The Morgan fingerprint density at radius 1 is 1.00 bits per heavy atom. The van der Waals surface area contributed by atoms with E-state index in [1.165, 1.54) is 115 Å². The highest BCUT2D eigenvalue weighted by Crippen LogP contribution is 2.40. The molecule has 0 bridgehead atoms. The molecule has 1 aliphatic heterocycles. The number of nitrogens with zero attached hydrogens (tertiary/aromatic N) is 3. The van der Waals surface area contributed by atoms with Crippen molar-refractivity contribution < 1.29 is 0 Å². The number of rotatable bonds is 6. The Morgan fingerprint density at radius 3 is 2.50 bits per heavy atom. The number of aromatic nitrogens is 2. The van der Waals surface area contributed by atoms with Gasteiger partial charge in [0.15, 0.2) is 0 Å². The van der Waals surface area contributed by atoms with Gasteiger partial charge in [0.2, 0.25) is 0 Å². The molecule has 1 saturated carbocycles. The molecule has 0 radical (unpaired) electrons. The van der Waals surface area contributed by atoms with Crippen LogP contribution in [0.4, 0.5) is 0 Å². The second-order valence-electron chi connectivity index (χ2n) is 9.62. The van der Waals surface area contributed by atoms with Crippen LogP contribution in [0.5, 0.6) is 0 Å². The van der Waals surface area contributed by atoms with E-state index in [0.29, 0.717) is 0 Å². The molecule has 2 aliphatic rings. The number of aryl methyl sites for hydroxylation is 1. The number of para-hydroxylation sites is 1. The first-order chi connectivity index (χ1) is 15.7. The SMILES string of the molecule is Cc1cccc2c(-c3cc(SN)c(C)n3CC3CCCCC3)cn(SN3CCCCC3)c12. The van der Waals surface area contributed by atoms with Gasteiger partial charge < -0.3 is 4.57 Å².